The van der Waals surface area contributed by atoms with Crippen LogP contribution in [0.3, 0.4) is 0 Å². The molecule has 0 spiro atoms. The number of rotatable bonds is 6. The highest BCUT2D eigenvalue weighted by atomic mass is 35.5. The molecular formula is C15H20ClN3. The third-order valence-corrected chi connectivity index (χ3v) is 3.54. The number of imidazole rings is 1. The number of nitrogens with zero attached hydrogens (tertiary/aromatic N) is 2. The van der Waals surface area contributed by atoms with Gasteiger partial charge in [-0.15, -0.1) is 0 Å². The second kappa shape index (κ2) is 6.62. The zero-order chi connectivity index (χ0) is 13.7. The molecule has 0 aliphatic carbocycles. The number of halogens is 1. The summed E-state index contributed by atoms with van der Waals surface area (Å²) in [5.74, 6) is 0. The minimum absolute atomic E-state index is 0.478. The summed E-state index contributed by atoms with van der Waals surface area (Å²) in [4.78, 5) is 4.09. The van der Waals surface area contributed by atoms with Crippen molar-refractivity contribution in [3.63, 3.8) is 0 Å². The molecule has 0 saturated carbocycles. The summed E-state index contributed by atoms with van der Waals surface area (Å²) in [6.45, 7) is 4.41. The summed E-state index contributed by atoms with van der Waals surface area (Å²) >= 11 is 6.34. The molecule has 3 nitrogen and oxygen atoms in total. The number of hydrogen-bond acceptors (Lipinski definition) is 2. The summed E-state index contributed by atoms with van der Waals surface area (Å²) in [5, 5.41) is 4.33. The fourth-order valence-corrected chi connectivity index (χ4v) is 2.50. The first-order chi connectivity index (χ1) is 9.26. The molecule has 0 aliphatic rings. The zero-order valence-corrected chi connectivity index (χ0v) is 12.2. The van der Waals surface area contributed by atoms with Crippen molar-refractivity contribution in [2.75, 3.05) is 5.32 Å². The van der Waals surface area contributed by atoms with Gasteiger partial charge < -0.3 is 9.88 Å². The highest BCUT2D eigenvalue weighted by Gasteiger charge is 2.12. The Morgan fingerprint density at radius 1 is 1.37 bits per heavy atom. The lowest BCUT2D eigenvalue weighted by Crippen LogP contribution is -2.19. The highest BCUT2D eigenvalue weighted by Crippen LogP contribution is 2.29. The Morgan fingerprint density at radius 3 is 2.84 bits per heavy atom. The molecule has 0 aliphatic heterocycles. The molecule has 4 heteroatoms. The van der Waals surface area contributed by atoms with Crippen LogP contribution in [-0.2, 0) is 0 Å². The molecule has 0 bridgehead atoms. The first kappa shape index (κ1) is 13.9. The molecule has 0 amide bonds. The van der Waals surface area contributed by atoms with Crippen LogP contribution in [0.5, 0.6) is 0 Å². The van der Waals surface area contributed by atoms with Gasteiger partial charge in [0, 0.05) is 18.4 Å². The van der Waals surface area contributed by atoms with E-state index >= 15 is 0 Å². The van der Waals surface area contributed by atoms with Gasteiger partial charge in [-0.25, -0.2) is 4.98 Å². The number of benzene rings is 1. The van der Waals surface area contributed by atoms with Gasteiger partial charge in [0.25, 0.3) is 0 Å². The van der Waals surface area contributed by atoms with E-state index in [4.69, 9.17) is 11.6 Å². The van der Waals surface area contributed by atoms with Crippen LogP contribution in [0.4, 0.5) is 5.69 Å². The Labute approximate surface area is 119 Å². The third kappa shape index (κ3) is 3.29. The normalized spacial score (nSPS) is 12.4. The maximum absolute atomic E-state index is 6.34. The van der Waals surface area contributed by atoms with Crippen molar-refractivity contribution in [2.45, 2.75) is 39.2 Å². The van der Waals surface area contributed by atoms with Crippen LogP contribution >= 0.6 is 11.6 Å². The molecule has 1 heterocycles. The average molecular weight is 278 g/mol. The number of aromatic nitrogens is 2. The van der Waals surface area contributed by atoms with Gasteiger partial charge in [-0.1, -0.05) is 37.9 Å². The molecule has 1 atom stereocenters. The van der Waals surface area contributed by atoms with Gasteiger partial charge in [0.2, 0.25) is 0 Å². The smallest absolute Gasteiger partial charge is 0.0992 e. The lowest BCUT2D eigenvalue weighted by Gasteiger charge is -2.21. The van der Waals surface area contributed by atoms with E-state index in [2.05, 4.69) is 30.2 Å². The molecule has 0 radical (unpaired) electrons. The number of nitrogens with one attached hydrogen (secondary N) is 1. The third-order valence-electron chi connectivity index (χ3n) is 3.24. The van der Waals surface area contributed by atoms with Gasteiger partial charge in [0.15, 0.2) is 0 Å². The van der Waals surface area contributed by atoms with E-state index < -0.39 is 0 Å². The summed E-state index contributed by atoms with van der Waals surface area (Å²) < 4.78 is 1.95. The summed E-state index contributed by atoms with van der Waals surface area (Å²) in [6, 6.07) is 6.43. The molecule has 0 fully saturated rings. The maximum Gasteiger partial charge on any atom is 0.0992 e. The Bertz CT molecular complexity index is 508. The molecule has 2 aromatic rings. The Balaban J connectivity index is 2.32. The first-order valence-corrected chi connectivity index (χ1v) is 7.17. The van der Waals surface area contributed by atoms with Crippen LogP contribution < -0.4 is 5.32 Å². The second-order valence-corrected chi connectivity index (χ2v) is 5.05. The van der Waals surface area contributed by atoms with Crippen LogP contribution in [0.25, 0.3) is 5.69 Å². The lowest BCUT2D eigenvalue weighted by atomic mass is 10.1. The van der Waals surface area contributed by atoms with Crippen molar-refractivity contribution in [3.05, 3.63) is 41.9 Å². The van der Waals surface area contributed by atoms with Crippen LogP contribution in [0.1, 0.15) is 33.1 Å². The molecule has 1 N–H and O–H groups in total. The van der Waals surface area contributed by atoms with Gasteiger partial charge in [-0.2, -0.15) is 0 Å². The lowest BCUT2D eigenvalue weighted by molar-refractivity contribution is 0.622. The Morgan fingerprint density at radius 2 is 2.21 bits per heavy atom. The van der Waals surface area contributed by atoms with E-state index in [1.165, 1.54) is 6.42 Å². The average Bonchev–Trinajstić information content (AvgIpc) is 2.92. The van der Waals surface area contributed by atoms with Crippen LogP contribution in [-0.4, -0.2) is 15.6 Å². The fourth-order valence-electron chi connectivity index (χ4n) is 2.23. The summed E-state index contributed by atoms with van der Waals surface area (Å²) in [6.07, 6.45) is 8.87. The molecule has 1 aromatic heterocycles. The van der Waals surface area contributed by atoms with E-state index in [9.17, 15) is 0 Å². The molecule has 1 aromatic carbocycles. The maximum atomic E-state index is 6.34. The minimum atomic E-state index is 0.478. The molecule has 0 saturated heterocycles. The Hall–Kier alpha value is -1.48. The predicted molar refractivity (Wildman–Crippen MR) is 81.2 cm³/mol. The van der Waals surface area contributed by atoms with Gasteiger partial charge in [-0.3, -0.25) is 0 Å². The van der Waals surface area contributed by atoms with Crippen LogP contribution in [0, 0.1) is 0 Å². The second-order valence-electron chi connectivity index (χ2n) is 4.64. The monoisotopic (exact) mass is 277 g/mol. The molecule has 19 heavy (non-hydrogen) atoms. The largest absolute Gasteiger partial charge is 0.381 e. The van der Waals surface area contributed by atoms with E-state index in [0.717, 1.165) is 29.2 Å². The van der Waals surface area contributed by atoms with Gasteiger partial charge in [0.05, 0.1) is 22.7 Å². The van der Waals surface area contributed by atoms with E-state index in [0.29, 0.717) is 6.04 Å². The van der Waals surface area contributed by atoms with Crippen molar-refractivity contribution in [1.29, 1.82) is 0 Å². The quantitative estimate of drug-likeness (QED) is 0.841. The first-order valence-electron chi connectivity index (χ1n) is 6.79. The summed E-state index contributed by atoms with van der Waals surface area (Å²) in [7, 11) is 0. The van der Waals surface area contributed by atoms with Crippen molar-refractivity contribution in [3.8, 4) is 5.69 Å². The van der Waals surface area contributed by atoms with Crippen LogP contribution in [0.2, 0.25) is 5.02 Å². The fraction of sp³-hybridized carbons (Fsp3) is 0.400. The topological polar surface area (TPSA) is 29.9 Å². The van der Waals surface area contributed by atoms with Crippen LogP contribution in [0.15, 0.2) is 36.9 Å². The van der Waals surface area contributed by atoms with E-state index in [1.807, 2.05) is 22.9 Å². The predicted octanol–water partition coefficient (Wildman–Crippen LogP) is 4.52. The number of hydrogen-bond donors (Lipinski definition) is 1. The van der Waals surface area contributed by atoms with Crippen molar-refractivity contribution < 1.29 is 0 Å². The van der Waals surface area contributed by atoms with Crippen molar-refractivity contribution in [2.24, 2.45) is 0 Å². The number of anilines is 1. The van der Waals surface area contributed by atoms with E-state index in [-0.39, 0.29) is 0 Å². The van der Waals surface area contributed by atoms with Crippen molar-refractivity contribution in [1.82, 2.24) is 9.55 Å². The van der Waals surface area contributed by atoms with Gasteiger partial charge in [-0.05, 0) is 25.0 Å². The van der Waals surface area contributed by atoms with E-state index in [1.54, 1.807) is 12.5 Å². The van der Waals surface area contributed by atoms with Gasteiger partial charge >= 0.3 is 0 Å². The standard InChI is InChI=1S/C15H20ClN3/c1-3-6-12(4-2)18-14-8-5-7-13(16)15(14)19-10-9-17-11-19/h5,7-12,18H,3-4,6H2,1-2H3. The van der Waals surface area contributed by atoms with Crippen molar-refractivity contribution >= 4 is 17.3 Å². The molecule has 102 valence electrons. The SMILES string of the molecule is CCCC(CC)Nc1cccc(Cl)c1-n1ccnc1. The van der Waals surface area contributed by atoms with Gasteiger partial charge in [0.1, 0.15) is 0 Å². The number of para-hydroxylation sites is 1. The molecule has 2 rings (SSSR count). The Kier molecular flexibility index (Phi) is 4.86. The molecule has 1 unspecified atom stereocenters. The minimum Gasteiger partial charge on any atom is -0.381 e. The molecular weight excluding hydrogens is 258 g/mol. The summed E-state index contributed by atoms with van der Waals surface area (Å²) in [5.41, 5.74) is 2.03. The highest BCUT2D eigenvalue weighted by molar-refractivity contribution is 6.33. The zero-order valence-electron chi connectivity index (χ0n) is 11.4.